The van der Waals surface area contributed by atoms with Gasteiger partial charge in [-0.05, 0) is 35.9 Å². The maximum absolute atomic E-state index is 11.6. The van der Waals surface area contributed by atoms with Crippen molar-refractivity contribution in [2.75, 3.05) is 5.32 Å². The first-order valence-electron chi connectivity index (χ1n) is 6.07. The van der Waals surface area contributed by atoms with Gasteiger partial charge in [-0.3, -0.25) is 0 Å². The van der Waals surface area contributed by atoms with E-state index in [0.29, 0.717) is 11.3 Å². The molecule has 98 valence electrons. The van der Waals surface area contributed by atoms with Crippen LogP contribution in [0, 0.1) is 11.3 Å². The number of anilines is 1. The average molecular weight is 263 g/mol. The summed E-state index contributed by atoms with van der Waals surface area (Å²) in [5.41, 5.74) is 2.20. The molecule has 0 atom stereocenters. The largest absolute Gasteiger partial charge is 0.323 e. The highest BCUT2D eigenvalue weighted by Gasteiger charge is 1.98. The minimum atomic E-state index is -0.332. The molecule has 0 fully saturated rings. The Morgan fingerprint density at radius 2 is 1.75 bits per heavy atom. The number of rotatable bonds is 3. The lowest BCUT2D eigenvalue weighted by Gasteiger charge is -2.04. The van der Waals surface area contributed by atoms with Crippen LogP contribution >= 0.6 is 0 Å². The Morgan fingerprint density at radius 1 is 1.05 bits per heavy atom. The Morgan fingerprint density at radius 3 is 2.40 bits per heavy atom. The van der Waals surface area contributed by atoms with Crippen molar-refractivity contribution < 1.29 is 4.79 Å². The van der Waals surface area contributed by atoms with Gasteiger partial charge in [0, 0.05) is 11.9 Å². The van der Waals surface area contributed by atoms with E-state index in [9.17, 15) is 4.79 Å². The van der Waals surface area contributed by atoms with Crippen LogP contribution in [-0.2, 0) is 0 Å². The monoisotopic (exact) mass is 263 g/mol. The van der Waals surface area contributed by atoms with Crippen LogP contribution < -0.4 is 10.6 Å². The predicted octanol–water partition coefficient (Wildman–Crippen LogP) is 3.35. The molecular formula is C16H13N3O. The van der Waals surface area contributed by atoms with Crippen molar-refractivity contribution in [1.82, 2.24) is 5.32 Å². The van der Waals surface area contributed by atoms with Crippen molar-refractivity contribution in [1.29, 1.82) is 5.26 Å². The summed E-state index contributed by atoms with van der Waals surface area (Å²) in [5, 5.41) is 14.0. The summed E-state index contributed by atoms with van der Waals surface area (Å²) < 4.78 is 0. The van der Waals surface area contributed by atoms with Crippen molar-refractivity contribution in [2.24, 2.45) is 0 Å². The molecule has 0 unspecified atom stereocenters. The molecule has 0 aromatic heterocycles. The van der Waals surface area contributed by atoms with Gasteiger partial charge in [-0.2, -0.15) is 5.26 Å². The van der Waals surface area contributed by atoms with E-state index in [2.05, 4.69) is 10.6 Å². The predicted molar refractivity (Wildman–Crippen MR) is 78.8 cm³/mol. The van der Waals surface area contributed by atoms with E-state index in [0.717, 1.165) is 5.56 Å². The first-order valence-corrected chi connectivity index (χ1v) is 6.07. The molecule has 0 aliphatic heterocycles. The van der Waals surface area contributed by atoms with Crippen LogP contribution in [-0.4, -0.2) is 6.03 Å². The third kappa shape index (κ3) is 4.00. The number of hydrogen-bond donors (Lipinski definition) is 2. The molecular weight excluding hydrogens is 250 g/mol. The smallest absolute Gasteiger partial charge is 0.314 e. The molecule has 2 aromatic carbocycles. The summed E-state index contributed by atoms with van der Waals surface area (Å²) in [6, 6.07) is 18.0. The highest BCUT2D eigenvalue weighted by atomic mass is 16.2. The Labute approximate surface area is 117 Å². The van der Waals surface area contributed by atoms with E-state index in [4.69, 9.17) is 5.26 Å². The minimum Gasteiger partial charge on any atom is -0.314 e. The third-order valence-electron chi connectivity index (χ3n) is 2.56. The lowest BCUT2D eigenvalue weighted by molar-refractivity contribution is 0.255. The maximum Gasteiger partial charge on any atom is 0.323 e. The highest BCUT2D eigenvalue weighted by molar-refractivity contribution is 5.90. The zero-order chi connectivity index (χ0) is 14.2. The number of carbonyl (C=O) groups excluding carboxylic acids is 1. The standard InChI is InChI=1S/C16H13N3O/c17-12-14-6-8-15(9-7-14)19-16(20)18-11-10-13-4-2-1-3-5-13/h1-11H,(H2,18,19,20)/b11-10+. The third-order valence-corrected chi connectivity index (χ3v) is 2.56. The number of benzene rings is 2. The summed E-state index contributed by atoms with van der Waals surface area (Å²) in [4.78, 5) is 11.6. The molecule has 0 spiro atoms. The second kappa shape index (κ2) is 6.76. The van der Waals surface area contributed by atoms with E-state index < -0.39 is 0 Å². The van der Waals surface area contributed by atoms with Gasteiger partial charge in [0.05, 0.1) is 11.6 Å². The van der Waals surface area contributed by atoms with Gasteiger partial charge in [-0.25, -0.2) is 4.79 Å². The van der Waals surface area contributed by atoms with Crippen molar-refractivity contribution in [3.8, 4) is 6.07 Å². The topological polar surface area (TPSA) is 64.9 Å². The number of carbonyl (C=O) groups is 1. The van der Waals surface area contributed by atoms with Crippen LogP contribution in [0.4, 0.5) is 10.5 Å². The van der Waals surface area contributed by atoms with E-state index in [1.165, 1.54) is 0 Å². The van der Waals surface area contributed by atoms with Gasteiger partial charge in [0.2, 0.25) is 0 Å². The molecule has 0 saturated carbocycles. The van der Waals surface area contributed by atoms with Gasteiger partial charge >= 0.3 is 6.03 Å². The molecule has 4 heteroatoms. The molecule has 2 aromatic rings. The molecule has 0 aliphatic rings. The lowest BCUT2D eigenvalue weighted by atomic mass is 10.2. The van der Waals surface area contributed by atoms with Gasteiger partial charge < -0.3 is 10.6 Å². The zero-order valence-corrected chi connectivity index (χ0v) is 10.7. The normalized spacial score (nSPS) is 9.95. The first-order chi connectivity index (χ1) is 9.78. The fourth-order valence-corrected chi connectivity index (χ4v) is 1.57. The lowest BCUT2D eigenvalue weighted by Crippen LogP contribution is -2.23. The molecule has 0 heterocycles. The number of urea groups is 1. The Bertz CT molecular complexity index is 640. The van der Waals surface area contributed by atoms with Gasteiger partial charge in [-0.1, -0.05) is 30.3 Å². The van der Waals surface area contributed by atoms with Crippen molar-refractivity contribution in [2.45, 2.75) is 0 Å². The Hall–Kier alpha value is -3.06. The average Bonchev–Trinajstić information content (AvgIpc) is 2.49. The minimum absolute atomic E-state index is 0.332. The quantitative estimate of drug-likeness (QED) is 0.891. The number of amides is 2. The Balaban J connectivity index is 1.86. The molecule has 0 radical (unpaired) electrons. The summed E-state index contributed by atoms with van der Waals surface area (Å²) >= 11 is 0. The van der Waals surface area contributed by atoms with Crippen LogP contribution in [0.2, 0.25) is 0 Å². The zero-order valence-electron chi connectivity index (χ0n) is 10.7. The van der Waals surface area contributed by atoms with Gasteiger partial charge in [0.25, 0.3) is 0 Å². The summed E-state index contributed by atoms with van der Waals surface area (Å²) in [6.07, 6.45) is 3.38. The number of nitrogens with one attached hydrogen (secondary N) is 2. The second-order valence-electron chi connectivity index (χ2n) is 4.03. The molecule has 0 aliphatic carbocycles. The second-order valence-corrected chi connectivity index (χ2v) is 4.03. The summed E-state index contributed by atoms with van der Waals surface area (Å²) in [7, 11) is 0. The number of hydrogen-bond acceptors (Lipinski definition) is 2. The summed E-state index contributed by atoms with van der Waals surface area (Å²) in [6.45, 7) is 0. The Kier molecular flexibility index (Phi) is 4.52. The van der Waals surface area contributed by atoms with Crippen LogP contribution in [0.5, 0.6) is 0 Å². The van der Waals surface area contributed by atoms with Crippen LogP contribution in [0.3, 0.4) is 0 Å². The van der Waals surface area contributed by atoms with Crippen LogP contribution in [0.15, 0.2) is 60.8 Å². The molecule has 2 amide bonds. The van der Waals surface area contributed by atoms with Crippen molar-refractivity contribution in [3.05, 3.63) is 71.9 Å². The van der Waals surface area contributed by atoms with E-state index in [-0.39, 0.29) is 6.03 Å². The van der Waals surface area contributed by atoms with Gasteiger partial charge in [0.1, 0.15) is 0 Å². The van der Waals surface area contributed by atoms with E-state index in [1.807, 2.05) is 36.4 Å². The highest BCUT2D eigenvalue weighted by Crippen LogP contribution is 2.08. The van der Waals surface area contributed by atoms with Crippen molar-refractivity contribution >= 4 is 17.8 Å². The molecule has 0 bridgehead atoms. The molecule has 20 heavy (non-hydrogen) atoms. The van der Waals surface area contributed by atoms with E-state index in [1.54, 1.807) is 36.5 Å². The van der Waals surface area contributed by atoms with Gasteiger partial charge in [-0.15, -0.1) is 0 Å². The summed E-state index contributed by atoms with van der Waals surface area (Å²) in [5.74, 6) is 0. The number of nitrogens with zero attached hydrogens (tertiary/aromatic N) is 1. The fraction of sp³-hybridized carbons (Fsp3) is 0. The molecule has 2 N–H and O–H groups in total. The fourth-order valence-electron chi connectivity index (χ4n) is 1.57. The van der Waals surface area contributed by atoms with Gasteiger partial charge in [0.15, 0.2) is 0 Å². The van der Waals surface area contributed by atoms with E-state index >= 15 is 0 Å². The first kappa shape index (κ1) is 13.4. The van der Waals surface area contributed by atoms with Crippen LogP contribution in [0.25, 0.3) is 6.08 Å². The molecule has 2 rings (SSSR count). The van der Waals surface area contributed by atoms with Crippen LogP contribution in [0.1, 0.15) is 11.1 Å². The SMILES string of the molecule is N#Cc1ccc(NC(=O)N/C=C/c2ccccc2)cc1. The van der Waals surface area contributed by atoms with Crippen molar-refractivity contribution in [3.63, 3.8) is 0 Å². The maximum atomic E-state index is 11.6. The molecule has 4 nitrogen and oxygen atoms in total. The number of nitriles is 1. The molecule has 0 saturated heterocycles.